The minimum atomic E-state index is -0.964. The predicted octanol–water partition coefficient (Wildman–Crippen LogP) is 1.79. The zero-order valence-electron chi connectivity index (χ0n) is 12.7. The standard InChI is InChI=1S/C16H21ClN2O3/c1-9(12-4-3-5-13(17)8-12)18-16(22)14(10(2)20)19-15(21)11-6-7-11/h3-5,8-11,14,20H,6-7H2,1-2H3,(H,18,22)(H,19,21). The molecule has 0 spiro atoms. The van der Waals surface area contributed by atoms with Crippen molar-refractivity contribution in [2.75, 3.05) is 0 Å². The molecule has 1 fully saturated rings. The van der Waals surface area contributed by atoms with Gasteiger partial charge in [0.25, 0.3) is 0 Å². The molecular formula is C16H21ClN2O3. The smallest absolute Gasteiger partial charge is 0.245 e. The number of carbonyl (C=O) groups is 2. The number of halogens is 1. The maximum atomic E-state index is 12.3. The van der Waals surface area contributed by atoms with Crippen molar-refractivity contribution in [3.63, 3.8) is 0 Å². The van der Waals surface area contributed by atoms with Crippen LogP contribution in [0.25, 0.3) is 0 Å². The van der Waals surface area contributed by atoms with E-state index in [1.54, 1.807) is 18.2 Å². The van der Waals surface area contributed by atoms with E-state index in [4.69, 9.17) is 11.6 Å². The summed E-state index contributed by atoms with van der Waals surface area (Å²) in [5.41, 5.74) is 0.860. The molecule has 2 amide bonds. The SMILES string of the molecule is CC(NC(=O)C(NC(=O)C1CC1)C(C)O)c1cccc(Cl)c1. The van der Waals surface area contributed by atoms with Gasteiger partial charge < -0.3 is 15.7 Å². The van der Waals surface area contributed by atoms with Gasteiger partial charge in [-0.15, -0.1) is 0 Å². The maximum absolute atomic E-state index is 12.3. The molecule has 1 aliphatic rings. The Morgan fingerprint density at radius 2 is 1.95 bits per heavy atom. The average Bonchev–Trinajstić information content (AvgIpc) is 3.28. The first-order valence-electron chi connectivity index (χ1n) is 7.42. The number of hydrogen-bond donors (Lipinski definition) is 3. The Bertz CT molecular complexity index is 558. The Balaban J connectivity index is 1.99. The van der Waals surface area contributed by atoms with Gasteiger partial charge >= 0.3 is 0 Å². The molecule has 120 valence electrons. The number of amides is 2. The van der Waals surface area contributed by atoms with E-state index in [0.717, 1.165) is 18.4 Å². The summed E-state index contributed by atoms with van der Waals surface area (Å²) in [5, 5.41) is 15.8. The van der Waals surface area contributed by atoms with E-state index in [1.165, 1.54) is 6.92 Å². The lowest BCUT2D eigenvalue weighted by atomic mass is 10.1. The highest BCUT2D eigenvalue weighted by Crippen LogP contribution is 2.29. The topological polar surface area (TPSA) is 78.4 Å². The second-order valence-electron chi connectivity index (χ2n) is 5.79. The molecule has 1 aliphatic carbocycles. The lowest BCUT2D eigenvalue weighted by Crippen LogP contribution is -2.53. The summed E-state index contributed by atoms with van der Waals surface area (Å²) < 4.78 is 0. The highest BCUT2D eigenvalue weighted by atomic mass is 35.5. The van der Waals surface area contributed by atoms with Gasteiger partial charge in [-0.2, -0.15) is 0 Å². The van der Waals surface area contributed by atoms with E-state index in [0.29, 0.717) is 5.02 Å². The van der Waals surface area contributed by atoms with Gasteiger partial charge in [-0.3, -0.25) is 9.59 Å². The normalized spacial score (nSPS) is 18.2. The number of rotatable bonds is 6. The highest BCUT2D eigenvalue weighted by molar-refractivity contribution is 6.30. The third-order valence-corrected chi connectivity index (χ3v) is 3.95. The van der Waals surface area contributed by atoms with Crippen molar-refractivity contribution in [1.82, 2.24) is 10.6 Å². The van der Waals surface area contributed by atoms with Gasteiger partial charge in [-0.25, -0.2) is 0 Å². The zero-order chi connectivity index (χ0) is 16.3. The van der Waals surface area contributed by atoms with Crippen LogP contribution >= 0.6 is 11.6 Å². The van der Waals surface area contributed by atoms with Crippen molar-refractivity contribution in [1.29, 1.82) is 0 Å². The summed E-state index contributed by atoms with van der Waals surface area (Å²) in [6.45, 7) is 3.31. The molecule has 1 aromatic rings. The molecule has 3 unspecified atom stereocenters. The zero-order valence-corrected chi connectivity index (χ0v) is 13.4. The van der Waals surface area contributed by atoms with Gasteiger partial charge in [0.1, 0.15) is 6.04 Å². The van der Waals surface area contributed by atoms with Crippen molar-refractivity contribution >= 4 is 23.4 Å². The number of carbonyl (C=O) groups excluding carboxylic acids is 2. The van der Waals surface area contributed by atoms with Crippen LogP contribution in [0.3, 0.4) is 0 Å². The summed E-state index contributed by atoms with van der Waals surface area (Å²) in [7, 11) is 0. The largest absolute Gasteiger partial charge is 0.391 e. The van der Waals surface area contributed by atoms with Gasteiger partial charge in [-0.05, 0) is 44.4 Å². The molecule has 2 rings (SSSR count). The van der Waals surface area contributed by atoms with Crippen molar-refractivity contribution in [2.45, 2.75) is 44.9 Å². The molecule has 0 radical (unpaired) electrons. The molecule has 0 saturated heterocycles. The number of benzene rings is 1. The van der Waals surface area contributed by atoms with Crippen LogP contribution < -0.4 is 10.6 Å². The lowest BCUT2D eigenvalue weighted by Gasteiger charge is -2.23. The van der Waals surface area contributed by atoms with Crippen LogP contribution in [0.1, 0.15) is 38.3 Å². The van der Waals surface area contributed by atoms with Gasteiger partial charge in [0, 0.05) is 10.9 Å². The van der Waals surface area contributed by atoms with Gasteiger partial charge in [0.05, 0.1) is 12.1 Å². The predicted molar refractivity (Wildman–Crippen MR) is 84.3 cm³/mol. The quantitative estimate of drug-likeness (QED) is 0.746. The van der Waals surface area contributed by atoms with E-state index in [-0.39, 0.29) is 17.9 Å². The van der Waals surface area contributed by atoms with Crippen LogP contribution in [0.15, 0.2) is 24.3 Å². The molecule has 22 heavy (non-hydrogen) atoms. The van der Waals surface area contributed by atoms with E-state index < -0.39 is 18.1 Å². The fourth-order valence-electron chi connectivity index (χ4n) is 2.18. The fourth-order valence-corrected chi connectivity index (χ4v) is 2.38. The Morgan fingerprint density at radius 1 is 1.27 bits per heavy atom. The van der Waals surface area contributed by atoms with E-state index in [1.807, 2.05) is 13.0 Å². The molecule has 0 heterocycles. The second-order valence-corrected chi connectivity index (χ2v) is 6.22. The summed E-state index contributed by atoms with van der Waals surface area (Å²) >= 11 is 5.94. The third-order valence-electron chi connectivity index (χ3n) is 3.72. The first-order valence-corrected chi connectivity index (χ1v) is 7.80. The van der Waals surface area contributed by atoms with E-state index in [2.05, 4.69) is 10.6 Å². The van der Waals surface area contributed by atoms with Crippen molar-refractivity contribution in [3.8, 4) is 0 Å². The highest BCUT2D eigenvalue weighted by Gasteiger charge is 2.34. The molecule has 1 saturated carbocycles. The molecule has 3 atom stereocenters. The van der Waals surface area contributed by atoms with Crippen LogP contribution in [0.2, 0.25) is 5.02 Å². The summed E-state index contributed by atoms with van der Waals surface area (Å²) in [4.78, 5) is 24.1. The van der Waals surface area contributed by atoms with Crippen LogP contribution in [-0.4, -0.2) is 29.1 Å². The maximum Gasteiger partial charge on any atom is 0.245 e. The summed E-state index contributed by atoms with van der Waals surface area (Å²) in [5.74, 6) is -0.590. The van der Waals surface area contributed by atoms with Crippen LogP contribution in [0, 0.1) is 5.92 Å². The molecule has 5 nitrogen and oxygen atoms in total. The Hall–Kier alpha value is -1.59. The number of nitrogens with one attached hydrogen (secondary N) is 2. The average molecular weight is 325 g/mol. The first-order chi connectivity index (χ1) is 10.4. The molecule has 0 bridgehead atoms. The second kappa shape index (κ2) is 7.11. The lowest BCUT2D eigenvalue weighted by molar-refractivity contribution is -0.132. The van der Waals surface area contributed by atoms with Crippen LogP contribution in [-0.2, 0) is 9.59 Å². The molecular weight excluding hydrogens is 304 g/mol. The fraction of sp³-hybridized carbons (Fsp3) is 0.500. The Labute approximate surface area is 135 Å². The molecule has 0 aliphatic heterocycles. The van der Waals surface area contributed by atoms with E-state index in [9.17, 15) is 14.7 Å². The van der Waals surface area contributed by atoms with Gasteiger partial charge in [0.2, 0.25) is 11.8 Å². The number of hydrogen-bond acceptors (Lipinski definition) is 3. The summed E-state index contributed by atoms with van der Waals surface area (Å²) in [6.07, 6.45) is 0.729. The monoisotopic (exact) mass is 324 g/mol. The number of aliphatic hydroxyl groups excluding tert-OH is 1. The molecule has 3 N–H and O–H groups in total. The summed E-state index contributed by atoms with van der Waals surface area (Å²) in [6, 6.07) is 5.97. The van der Waals surface area contributed by atoms with Gasteiger partial charge in [0.15, 0.2) is 0 Å². The van der Waals surface area contributed by atoms with E-state index >= 15 is 0 Å². The minimum Gasteiger partial charge on any atom is -0.391 e. The minimum absolute atomic E-state index is 0.0144. The molecule has 1 aromatic carbocycles. The van der Waals surface area contributed by atoms with Crippen molar-refractivity contribution < 1.29 is 14.7 Å². The first kappa shape index (κ1) is 16.8. The van der Waals surface area contributed by atoms with Crippen molar-refractivity contribution in [3.05, 3.63) is 34.9 Å². The Morgan fingerprint density at radius 3 is 2.50 bits per heavy atom. The Kier molecular flexibility index (Phi) is 5.42. The van der Waals surface area contributed by atoms with Crippen LogP contribution in [0.4, 0.5) is 0 Å². The molecule has 0 aromatic heterocycles. The van der Waals surface area contributed by atoms with Crippen molar-refractivity contribution in [2.24, 2.45) is 5.92 Å². The van der Waals surface area contributed by atoms with Crippen LogP contribution in [0.5, 0.6) is 0 Å². The van der Waals surface area contributed by atoms with Gasteiger partial charge in [-0.1, -0.05) is 23.7 Å². The molecule has 6 heteroatoms. The third kappa shape index (κ3) is 4.45. The number of aliphatic hydroxyl groups is 1.